The molecule has 1 saturated heterocycles. The molecule has 1 aliphatic rings. The second-order valence-electron chi connectivity index (χ2n) is 5.76. The number of methoxy groups -OCH3 is 1. The molecule has 0 bridgehead atoms. The average Bonchev–Trinajstić information content (AvgIpc) is 2.64. The fourth-order valence-corrected chi connectivity index (χ4v) is 2.58. The number of carboxylic acid groups (broad SMARTS) is 1. The molecule has 1 aromatic rings. The first kappa shape index (κ1) is 19.2. The van der Waals surface area contributed by atoms with E-state index in [4.69, 9.17) is 19.4 Å². The zero-order valence-electron chi connectivity index (χ0n) is 14.4. The Hall–Kier alpha value is -2.16. The van der Waals surface area contributed by atoms with E-state index in [0.29, 0.717) is 17.9 Å². The molecule has 0 saturated carbocycles. The van der Waals surface area contributed by atoms with Gasteiger partial charge in [-0.2, -0.15) is 0 Å². The molecular formula is C17H24N2O6. The van der Waals surface area contributed by atoms with E-state index >= 15 is 0 Å². The van der Waals surface area contributed by atoms with Gasteiger partial charge in [-0.3, -0.25) is 9.59 Å². The van der Waals surface area contributed by atoms with Crippen molar-refractivity contribution in [2.75, 3.05) is 20.8 Å². The summed E-state index contributed by atoms with van der Waals surface area (Å²) in [6.45, 7) is 0.620. The quantitative estimate of drug-likeness (QED) is 0.602. The number of ether oxygens (including phenoxy) is 2. The second kappa shape index (κ2) is 9.36. The number of amides is 1. The van der Waals surface area contributed by atoms with E-state index in [1.165, 1.54) is 7.11 Å². The molecule has 3 N–H and O–H groups in total. The highest BCUT2D eigenvalue weighted by Gasteiger charge is 2.20. The highest BCUT2D eigenvalue weighted by atomic mass is 16.8. The van der Waals surface area contributed by atoms with Crippen LogP contribution in [0.1, 0.15) is 35.2 Å². The van der Waals surface area contributed by atoms with E-state index in [-0.39, 0.29) is 6.42 Å². The Balaban J connectivity index is 2.02. The fraction of sp³-hybridized carbons (Fsp3) is 0.529. The molecular weight excluding hydrogens is 328 g/mol. The first-order chi connectivity index (χ1) is 12.0. The number of carboxylic acids is 1. The van der Waals surface area contributed by atoms with Crippen molar-refractivity contribution in [3.63, 3.8) is 0 Å². The Kier molecular flexibility index (Phi) is 7.17. The molecule has 25 heavy (non-hydrogen) atoms. The summed E-state index contributed by atoms with van der Waals surface area (Å²) >= 11 is 0. The van der Waals surface area contributed by atoms with Crippen LogP contribution in [-0.2, 0) is 20.8 Å². The molecule has 8 nitrogen and oxygen atoms in total. The molecule has 0 aromatic heterocycles. The largest absolute Gasteiger partial charge is 0.496 e. The maximum Gasteiger partial charge on any atom is 0.321 e. The zero-order chi connectivity index (χ0) is 18.2. The minimum atomic E-state index is -0.941. The van der Waals surface area contributed by atoms with Crippen LogP contribution in [0, 0.1) is 0 Å². The maximum atomic E-state index is 12.3. The average molecular weight is 352 g/mol. The Morgan fingerprint density at radius 2 is 2.20 bits per heavy atom. The van der Waals surface area contributed by atoms with Gasteiger partial charge in [0.2, 0.25) is 0 Å². The Bertz CT molecular complexity index is 601. The lowest BCUT2D eigenvalue weighted by Gasteiger charge is -2.22. The molecule has 2 rings (SSSR count). The van der Waals surface area contributed by atoms with Crippen molar-refractivity contribution in [3.8, 4) is 5.75 Å². The summed E-state index contributed by atoms with van der Waals surface area (Å²) in [6.07, 6.45) is 2.56. The summed E-state index contributed by atoms with van der Waals surface area (Å²) in [6, 6.07) is 4.22. The summed E-state index contributed by atoms with van der Waals surface area (Å²) in [5.41, 5.74) is 3.43. The molecule has 0 aliphatic carbocycles. The number of benzene rings is 1. The van der Waals surface area contributed by atoms with Crippen molar-refractivity contribution in [2.45, 2.75) is 38.0 Å². The van der Waals surface area contributed by atoms with Crippen LogP contribution >= 0.6 is 0 Å². The van der Waals surface area contributed by atoms with Gasteiger partial charge in [-0.25, -0.2) is 10.3 Å². The van der Waals surface area contributed by atoms with Crippen LogP contribution in [0.2, 0.25) is 0 Å². The van der Waals surface area contributed by atoms with Crippen molar-refractivity contribution in [1.82, 2.24) is 10.8 Å². The van der Waals surface area contributed by atoms with Crippen molar-refractivity contribution >= 4 is 11.9 Å². The third-order valence-electron chi connectivity index (χ3n) is 4.02. The van der Waals surface area contributed by atoms with Gasteiger partial charge in [0.1, 0.15) is 11.8 Å². The standard InChI is InChI=1S/C17H24N2O6/c1-18-13(17(21)22)9-11-6-7-12(14(10-11)23-2)16(20)19-25-15-5-3-4-8-24-15/h6-7,10,13,15,18H,3-5,8-9H2,1-2H3,(H,19,20)(H,21,22). The molecule has 0 spiro atoms. The molecule has 1 aromatic carbocycles. The van der Waals surface area contributed by atoms with Crippen LogP contribution in [0.4, 0.5) is 0 Å². The normalized spacial score (nSPS) is 18.4. The van der Waals surface area contributed by atoms with Crippen LogP contribution in [-0.4, -0.2) is 50.1 Å². The maximum absolute atomic E-state index is 12.3. The van der Waals surface area contributed by atoms with E-state index < -0.39 is 24.2 Å². The summed E-state index contributed by atoms with van der Waals surface area (Å²) in [4.78, 5) is 28.7. The molecule has 2 atom stereocenters. The SMILES string of the molecule is CNC(Cc1ccc(C(=O)NOC2CCCCO2)c(OC)c1)C(=O)O. The van der Waals surface area contributed by atoms with Crippen LogP contribution in [0.25, 0.3) is 0 Å². The first-order valence-electron chi connectivity index (χ1n) is 8.19. The van der Waals surface area contributed by atoms with E-state index in [0.717, 1.165) is 24.8 Å². The van der Waals surface area contributed by atoms with Gasteiger partial charge in [-0.15, -0.1) is 0 Å². The third kappa shape index (κ3) is 5.42. The van der Waals surface area contributed by atoms with Gasteiger partial charge < -0.3 is 19.9 Å². The Morgan fingerprint density at radius 3 is 2.80 bits per heavy atom. The van der Waals surface area contributed by atoms with Crippen molar-refractivity contribution in [1.29, 1.82) is 0 Å². The third-order valence-corrected chi connectivity index (χ3v) is 4.02. The van der Waals surface area contributed by atoms with Crippen LogP contribution < -0.4 is 15.5 Å². The van der Waals surface area contributed by atoms with Crippen molar-refractivity contribution < 1.29 is 29.0 Å². The lowest BCUT2D eigenvalue weighted by Crippen LogP contribution is -2.35. The van der Waals surface area contributed by atoms with Crippen LogP contribution in [0.5, 0.6) is 5.75 Å². The van der Waals surface area contributed by atoms with Crippen molar-refractivity contribution in [2.24, 2.45) is 0 Å². The van der Waals surface area contributed by atoms with Crippen LogP contribution in [0.15, 0.2) is 18.2 Å². The monoisotopic (exact) mass is 352 g/mol. The van der Waals surface area contributed by atoms with Gasteiger partial charge in [-0.1, -0.05) is 6.07 Å². The fourth-order valence-electron chi connectivity index (χ4n) is 2.58. The molecule has 138 valence electrons. The van der Waals surface area contributed by atoms with Gasteiger partial charge in [0.15, 0.2) is 6.29 Å². The number of likely N-dealkylation sites (N-methyl/N-ethyl adjacent to an activating group) is 1. The Labute approximate surface area is 146 Å². The minimum absolute atomic E-state index is 0.274. The van der Waals surface area contributed by atoms with E-state index in [9.17, 15) is 9.59 Å². The molecule has 1 aliphatic heterocycles. The second-order valence-corrected chi connectivity index (χ2v) is 5.76. The Morgan fingerprint density at radius 1 is 1.40 bits per heavy atom. The number of carbonyl (C=O) groups excluding carboxylic acids is 1. The lowest BCUT2D eigenvalue weighted by molar-refractivity contribution is -0.186. The summed E-state index contributed by atoms with van der Waals surface area (Å²) in [5, 5.41) is 11.8. The molecule has 8 heteroatoms. The molecule has 1 amide bonds. The summed E-state index contributed by atoms with van der Waals surface area (Å²) in [5.74, 6) is -1.03. The summed E-state index contributed by atoms with van der Waals surface area (Å²) < 4.78 is 10.6. The molecule has 1 heterocycles. The van der Waals surface area contributed by atoms with E-state index in [1.807, 2.05) is 0 Å². The smallest absolute Gasteiger partial charge is 0.321 e. The van der Waals surface area contributed by atoms with Crippen LogP contribution in [0.3, 0.4) is 0 Å². The van der Waals surface area contributed by atoms with Gasteiger partial charge in [0.25, 0.3) is 5.91 Å². The number of hydrogen-bond acceptors (Lipinski definition) is 6. The lowest BCUT2D eigenvalue weighted by atomic mass is 10.0. The minimum Gasteiger partial charge on any atom is -0.496 e. The van der Waals surface area contributed by atoms with E-state index in [1.54, 1.807) is 25.2 Å². The number of nitrogens with one attached hydrogen (secondary N) is 2. The van der Waals surface area contributed by atoms with Gasteiger partial charge in [0.05, 0.1) is 12.7 Å². The predicted molar refractivity (Wildman–Crippen MR) is 89.3 cm³/mol. The highest BCUT2D eigenvalue weighted by Crippen LogP contribution is 2.21. The first-order valence-corrected chi connectivity index (χ1v) is 8.19. The molecule has 0 radical (unpaired) electrons. The number of hydroxylamine groups is 1. The number of rotatable bonds is 8. The van der Waals surface area contributed by atoms with Gasteiger partial charge in [-0.05, 0) is 44.0 Å². The highest BCUT2D eigenvalue weighted by molar-refractivity contribution is 5.96. The van der Waals surface area contributed by atoms with Gasteiger partial charge in [0, 0.05) is 13.0 Å². The number of hydrogen-bond donors (Lipinski definition) is 3. The topological polar surface area (TPSA) is 106 Å². The number of carbonyl (C=O) groups is 2. The summed E-state index contributed by atoms with van der Waals surface area (Å²) in [7, 11) is 3.04. The predicted octanol–water partition coefficient (Wildman–Crippen LogP) is 1.10. The molecule has 2 unspecified atom stereocenters. The number of aliphatic carboxylic acids is 1. The van der Waals surface area contributed by atoms with E-state index in [2.05, 4.69) is 10.8 Å². The molecule has 1 fully saturated rings. The van der Waals surface area contributed by atoms with Crippen molar-refractivity contribution in [3.05, 3.63) is 29.3 Å². The zero-order valence-corrected chi connectivity index (χ0v) is 14.4. The van der Waals surface area contributed by atoms with Gasteiger partial charge >= 0.3 is 5.97 Å².